The van der Waals surface area contributed by atoms with Gasteiger partial charge in [-0.1, -0.05) is 6.92 Å². The number of hydrogen-bond donors (Lipinski definition) is 2. The molecule has 0 aromatic heterocycles. The fourth-order valence-electron chi connectivity index (χ4n) is 3.40. The van der Waals surface area contributed by atoms with Crippen LogP contribution in [0.5, 0.6) is 0 Å². The Hall–Kier alpha value is -0.120. The van der Waals surface area contributed by atoms with Crippen molar-refractivity contribution in [3.05, 3.63) is 0 Å². The fraction of sp³-hybridized carbons (Fsp3) is 1.00. The van der Waals surface area contributed by atoms with Crippen molar-refractivity contribution in [3.8, 4) is 0 Å². The fourth-order valence-corrected chi connectivity index (χ4v) is 3.40. The Balaban J connectivity index is 1.99. The summed E-state index contributed by atoms with van der Waals surface area (Å²) in [6.07, 6.45) is 6.09. The van der Waals surface area contributed by atoms with E-state index in [-0.39, 0.29) is 5.54 Å². The lowest BCUT2D eigenvalue weighted by atomic mass is 9.81. The van der Waals surface area contributed by atoms with Gasteiger partial charge in [-0.25, -0.2) is 0 Å². The van der Waals surface area contributed by atoms with Gasteiger partial charge in [0.1, 0.15) is 0 Å². The van der Waals surface area contributed by atoms with E-state index in [2.05, 4.69) is 17.1 Å². The summed E-state index contributed by atoms with van der Waals surface area (Å²) in [4.78, 5) is 2.63. The number of nitrogens with zero attached hydrogens (tertiary/aromatic N) is 1. The van der Waals surface area contributed by atoms with Crippen LogP contribution >= 0.6 is 0 Å². The molecule has 15 heavy (non-hydrogen) atoms. The van der Waals surface area contributed by atoms with Gasteiger partial charge < -0.3 is 15.3 Å². The Morgan fingerprint density at radius 1 is 1.47 bits per heavy atom. The van der Waals surface area contributed by atoms with Crippen LogP contribution in [0.1, 0.15) is 39.0 Å². The second-order valence-corrected chi connectivity index (χ2v) is 5.07. The molecule has 0 amide bonds. The van der Waals surface area contributed by atoms with E-state index in [0.29, 0.717) is 6.61 Å². The predicted molar refractivity (Wildman–Crippen MR) is 61.9 cm³/mol. The molecule has 2 N–H and O–H groups in total. The molecule has 2 saturated heterocycles. The highest BCUT2D eigenvalue weighted by molar-refractivity contribution is 4.99. The molecule has 0 aliphatic carbocycles. The molecule has 2 unspecified atom stereocenters. The number of hydrogen-bond acceptors (Lipinski definition) is 3. The SMILES string of the molecule is CCNC1(CCO)CCN2CCCC2C1. The normalized spacial score (nSPS) is 36.8. The van der Waals surface area contributed by atoms with Crippen molar-refractivity contribution < 1.29 is 5.11 Å². The minimum absolute atomic E-state index is 0.231. The number of aliphatic hydroxyl groups excluding tert-OH is 1. The molecule has 2 fully saturated rings. The zero-order valence-corrected chi connectivity index (χ0v) is 9.84. The van der Waals surface area contributed by atoms with Crippen molar-refractivity contribution in [2.24, 2.45) is 0 Å². The standard InChI is InChI=1S/C12H24N2O/c1-2-13-12(6-9-15)5-8-14-7-3-4-11(14)10-12/h11,13,15H,2-10H2,1H3. The second-order valence-electron chi connectivity index (χ2n) is 5.07. The minimum Gasteiger partial charge on any atom is -0.396 e. The average Bonchev–Trinajstić information content (AvgIpc) is 2.65. The minimum atomic E-state index is 0.231. The van der Waals surface area contributed by atoms with Crippen molar-refractivity contribution in [1.82, 2.24) is 10.2 Å². The molecule has 0 radical (unpaired) electrons. The highest BCUT2D eigenvalue weighted by Crippen LogP contribution is 2.34. The number of rotatable bonds is 4. The molecule has 2 aliphatic heterocycles. The first-order valence-corrected chi connectivity index (χ1v) is 6.39. The van der Waals surface area contributed by atoms with Gasteiger partial charge in [0.2, 0.25) is 0 Å². The summed E-state index contributed by atoms with van der Waals surface area (Å²) >= 11 is 0. The Morgan fingerprint density at radius 2 is 2.33 bits per heavy atom. The summed E-state index contributed by atoms with van der Waals surface area (Å²) in [5.74, 6) is 0. The van der Waals surface area contributed by atoms with E-state index in [1.54, 1.807) is 0 Å². The highest BCUT2D eigenvalue weighted by atomic mass is 16.3. The number of nitrogens with one attached hydrogen (secondary N) is 1. The molecule has 0 aromatic rings. The van der Waals surface area contributed by atoms with Crippen LogP contribution in [0.15, 0.2) is 0 Å². The van der Waals surface area contributed by atoms with Crippen molar-refractivity contribution in [2.75, 3.05) is 26.2 Å². The first-order valence-electron chi connectivity index (χ1n) is 6.39. The zero-order chi connectivity index (χ0) is 10.7. The molecule has 0 spiro atoms. The van der Waals surface area contributed by atoms with E-state index in [1.807, 2.05) is 0 Å². The topological polar surface area (TPSA) is 35.5 Å². The van der Waals surface area contributed by atoms with Crippen LogP contribution in [0.2, 0.25) is 0 Å². The van der Waals surface area contributed by atoms with E-state index in [4.69, 9.17) is 0 Å². The van der Waals surface area contributed by atoms with E-state index in [9.17, 15) is 5.11 Å². The molecular formula is C12H24N2O. The van der Waals surface area contributed by atoms with Crippen LogP contribution in [-0.2, 0) is 0 Å². The molecule has 2 rings (SSSR count). The molecule has 2 heterocycles. The van der Waals surface area contributed by atoms with Crippen molar-refractivity contribution >= 4 is 0 Å². The van der Waals surface area contributed by atoms with Crippen molar-refractivity contribution in [1.29, 1.82) is 0 Å². The quantitative estimate of drug-likeness (QED) is 0.729. The van der Waals surface area contributed by atoms with Crippen molar-refractivity contribution in [2.45, 2.75) is 50.6 Å². The van der Waals surface area contributed by atoms with Crippen LogP contribution in [-0.4, -0.2) is 47.8 Å². The van der Waals surface area contributed by atoms with Gasteiger partial charge in [-0.3, -0.25) is 0 Å². The van der Waals surface area contributed by atoms with Gasteiger partial charge in [0.05, 0.1) is 0 Å². The molecule has 0 aromatic carbocycles. The molecule has 2 atom stereocenters. The zero-order valence-electron chi connectivity index (χ0n) is 9.84. The van der Waals surface area contributed by atoms with Gasteiger partial charge >= 0.3 is 0 Å². The highest BCUT2D eigenvalue weighted by Gasteiger charge is 2.40. The monoisotopic (exact) mass is 212 g/mol. The third-order valence-electron chi connectivity index (χ3n) is 4.15. The van der Waals surface area contributed by atoms with Crippen LogP contribution in [0.4, 0.5) is 0 Å². The summed E-state index contributed by atoms with van der Waals surface area (Å²) in [5, 5.41) is 12.8. The van der Waals surface area contributed by atoms with Crippen molar-refractivity contribution in [3.63, 3.8) is 0 Å². The Kier molecular flexibility index (Phi) is 3.65. The summed E-state index contributed by atoms with van der Waals surface area (Å²) in [6.45, 7) is 6.02. The van der Waals surface area contributed by atoms with Crippen LogP contribution < -0.4 is 5.32 Å². The molecule has 3 nitrogen and oxygen atoms in total. The Labute approximate surface area is 92.8 Å². The molecule has 3 heteroatoms. The maximum absolute atomic E-state index is 9.20. The lowest BCUT2D eigenvalue weighted by Gasteiger charge is -2.44. The van der Waals surface area contributed by atoms with Gasteiger partial charge in [-0.15, -0.1) is 0 Å². The van der Waals surface area contributed by atoms with E-state index in [1.165, 1.54) is 38.8 Å². The van der Waals surface area contributed by atoms with E-state index in [0.717, 1.165) is 19.0 Å². The van der Waals surface area contributed by atoms with Gasteiger partial charge in [-0.05, 0) is 45.2 Å². The largest absolute Gasteiger partial charge is 0.396 e. The average molecular weight is 212 g/mol. The molecule has 88 valence electrons. The number of piperidine rings is 1. The Bertz CT molecular complexity index is 202. The maximum Gasteiger partial charge on any atom is 0.0448 e. The van der Waals surface area contributed by atoms with E-state index >= 15 is 0 Å². The predicted octanol–water partition coefficient (Wildman–Crippen LogP) is 0.975. The molecule has 0 bridgehead atoms. The van der Waals surface area contributed by atoms with Gasteiger partial charge in [0.25, 0.3) is 0 Å². The van der Waals surface area contributed by atoms with Crippen LogP contribution in [0.25, 0.3) is 0 Å². The maximum atomic E-state index is 9.20. The molecule has 0 saturated carbocycles. The lowest BCUT2D eigenvalue weighted by molar-refractivity contribution is 0.0861. The van der Waals surface area contributed by atoms with E-state index < -0.39 is 0 Å². The molecular weight excluding hydrogens is 188 g/mol. The first-order chi connectivity index (χ1) is 7.29. The summed E-state index contributed by atoms with van der Waals surface area (Å²) < 4.78 is 0. The summed E-state index contributed by atoms with van der Waals surface area (Å²) in [6, 6.07) is 0.782. The summed E-state index contributed by atoms with van der Waals surface area (Å²) in [5.41, 5.74) is 0.231. The number of fused-ring (bicyclic) bond motifs is 1. The third-order valence-corrected chi connectivity index (χ3v) is 4.15. The number of aliphatic hydroxyl groups is 1. The molecule has 2 aliphatic rings. The van der Waals surface area contributed by atoms with Crippen LogP contribution in [0.3, 0.4) is 0 Å². The third kappa shape index (κ3) is 2.35. The van der Waals surface area contributed by atoms with Gasteiger partial charge in [0.15, 0.2) is 0 Å². The summed E-state index contributed by atoms with van der Waals surface area (Å²) in [7, 11) is 0. The van der Waals surface area contributed by atoms with Gasteiger partial charge in [0, 0.05) is 24.7 Å². The Morgan fingerprint density at radius 3 is 3.07 bits per heavy atom. The smallest absolute Gasteiger partial charge is 0.0448 e. The second kappa shape index (κ2) is 4.81. The van der Waals surface area contributed by atoms with Gasteiger partial charge in [-0.2, -0.15) is 0 Å². The lowest BCUT2D eigenvalue weighted by Crippen LogP contribution is -2.56. The van der Waals surface area contributed by atoms with Crippen LogP contribution in [0, 0.1) is 0 Å². The first kappa shape index (κ1) is 11.4.